The van der Waals surface area contributed by atoms with E-state index in [4.69, 9.17) is 11.6 Å². The maximum atomic E-state index is 14.5. The summed E-state index contributed by atoms with van der Waals surface area (Å²) in [6.07, 6.45) is 2.27. The van der Waals surface area contributed by atoms with Gasteiger partial charge >= 0.3 is 0 Å². The Kier molecular flexibility index (Phi) is 5.49. The summed E-state index contributed by atoms with van der Waals surface area (Å²) in [5.41, 5.74) is 2.58. The molecule has 0 fully saturated rings. The Morgan fingerprint density at radius 2 is 1.89 bits per heavy atom. The molecule has 0 spiro atoms. The number of benzene rings is 2. The first-order valence-electron chi connectivity index (χ1n) is 8.70. The molecule has 0 amide bonds. The summed E-state index contributed by atoms with van der Waals surface area (Å²) in [4.78, 5) is 4.72. The Bertz CT molecular complexity index is 1020. The van der Waals surface area contributed by atoms with Crippen LogP contribution in [0.15, 0.2) is 72.6 Å². The van der Waals surface area contributed by atoms with Crippen LogP contribution in [-0.4, -0.2) is 15.8 Å². The number of thioether (sulfide) groups is 1. The van der Waals surface area contributed by atoms with Gasteiger partial charge in [-0.1, -0.05) is 29.8 Å². The normalized spacial score (nSPS) is 17.8. The molecule has 142 valence electrons. The molecule has 2 heterocycles. The van der Waals surface area contributed by atoms with Crippen LogP contribution in [0.1, 0.15) is 28.7 Å². The molecular formula is C22H16ClF2NOS. The minimum atomic E-state index is -0.955. The number of hydrogen-bond acceptors (Lipinski definition) is 3. The zero-order valence-corrected chi connectivity index (χ0v) is 16.2. The average Bonchev–Trinajstić information content (AvgIpc) is 3.13. The zero-order chi connectivity index (χ0) is 19.7. The van der Waals surface area contributed by atoms with Gasteiger partial charge in [-0.25, -0.2) is 8.78 Å². The summed E-state index contributed by atoms with van der Waals surface area (Å²) in [7, 11) is 0. The van der Waals surface area contributed by atoms with Gasteiger partial charge in [-0.05, 0) is 41.5 Å². The van der Waals surface area contributed by atoms with Gasteiger partial charge in [0.05, 0.1) is 0 Å². The lowest BCUT2D eigenvalue weighted by atomic mass is 9.86. The Morgan fingerprint density at radius 3 is 2.57 bits per heavy atom. The summed E-state index contributed by atoms with van der Waals surface area (Å²) in [6.45, 7) is 0. The van der Waals surface area contributed by atoms with Gasteiger partial charge in [-0.2, -0.15) is 0 Å². The first-order valence-corrected chi connectivity index (χ1v) is 10.1. The predicted octanol–water partition coefficient (Wildman–Crippen LogP) is 5.99. The number of rotatable bonds is 4. The lowest BCUT2D eigenvalue weighted by Crippen LogP contribution is -2.11. The van der Waals surface area contributed by atoms with E-state index in [1.54, 1.807) is 36.7 Å². The third-order valence-electron chi connectivity index (χ3n) is 4.77. The van der Waals surface area contributed by atoms with Crippen LogP contribution < -0.4 is 0 Å². The molecule has 1 aliphatic rings. The molecule has 2 aromatic carbocycles. The summed E-state index contributed by atoms with van der Waals surface area (Å²) in [5, 5.41) is 11.8. The summed E-state index contributed by atoms with van der Waals surface area (Å²) in [5.74, 6) is -0.763. The lowest BCUT2D eigenvalue weighted by molar-refractivity contribution is 0.210. The van der Waals surface area contributed by atoms with E-state index >= 15 is 0 Å². The van der Waals surface area contributed by atoms with Crippen LogP contribution in [0.5, 0.6) is 0 Å². The van der Waals surface area contributed by atoms with E-state index in [9.17, 15) is 13.9 Å². The van der Waals surface area contributed by atoms with Crippen molar-refractivity contribution in [2.45, 2.75) is 12.0 Å². The van der Waals surface area contributed by atoms with Crippen LogP contribution in [0.2, 0.25) is 5.02 Å². The van der Waals surface area contributed by atoms with Gasteiger partial charge in [0, 0.05) is 51.2 Å². The second kappa shape index (κ2) is 8.03. The Hall–Kier alpha value is -2.21. The van der Waals surface area contributed by atoms with Crippen LogP contribution in [-0.2, 0) is 0 Å². The molecular weight excluding hydrogens is 400 g/mol. The van der Waals surface area contributed by atoms with Crippen molar-refractivity contribution in [1.29, 1.82) is 0 Å². The molecule has 1 aliphatic heterocycles. The van der Waals surface area contributed by atoms with Crippen LogP contribution >= 0.6 is 23.4 Å². The zero-order valence-electron chi connectivity index (χ0n) is 14.6. The van der Waals surface area contributed by atoms with E-state index in [1.807, 2.05) is 12.1 Å². The number of pyridine rings is 1. The highest BCUT2D eigenvalue weighted by molar-refractivity contribution is 8.08. The molecule has 1 aromatic heterocycles. The number of nitrogens with zero attached hydrogens (tertiary/aromatic N) is 1. The van der Waals surface area contributed by atoms with Gasteiger partial charge < -0.3 is 5.11 Å². The smallest absolute Gasteiger partial charge is 0.134 e. The molecule has 6 heteroatoms. The maximum Gasteiger partial charge on any atom is 0.134 e. The number of hydrogen-bond donors (Lipinski definition) is 1. The van der Waals surface area contributed by atoms with E-state index in [0.717, 1.165) is 11.6 Å². The Labute approximate surface area is 170 Å². The second-order valence-corrected chi connectivity index (χ2v) is 7.98. The first-order chi connectivity index (χ1) is 13.5. The van der Waals surface area contributed by atoms with Crippen molar-refractivity contribution in [2.75, 3.05) is 5.75 Å². The molecule has 3 aromatic rings. The first kappa shape index (κ1) is 19.1. The summed E-state index contributed by atoms with van der Waals surface area (Å²) in [6, 6.07) is 14.5. The van der Waals surface area contributed by atoms with Gasteiger partial charge in [0.2, 0.25) is 0 Å². The van der Waals surface area contributed by atoms with Gasteiger partial charge in [-0.3, -0.25) is 4.98 Å². The topological polar surface area (TPSA) is 33.1 Å². The lowest BCUT2D eigenvalue weighted by Gasteiger charge is -2.21. The Morgan fingerprint density at radius 1 is 1.11 bits per heavy atom. The number of halogens is 3. The van der Waals surface area contributed by atoms with Gasteiger partial charge in [-0.15, -0.1) is 11.8 Å². The van der Waals surface area contributed by atoms with E-state index in [0.29, 0.717) is 32.4 Å². The number of aliphatic hydroxyl groups is 1. The largest absolute Gasteiger partial charge is 0.384 e. The second-order valence-electron chi connectivity index (χ2n) is 6.51. The molecule has 0 saturated carbocycles. The minimum Gasteiger partial charge on any atom is -0.384 e. The molecule has 2 atom stereocenters. The van der Waals surface area contributed by atoms with Gasteiger partial charge in [0.15, 0.2) is 0 Å². The molecule has 28 heavy (non-hydrogen) atoms. The van der Waals surface area contributed by atoms with Crippen LogP contribution in [0.4, 0.5) is 8.78 Å². The molecule has 2 unspecified atom stereocenters. The van der Waals surface area contributed by atoms with Crippen LogP contribution in [0.3, 0.4) is 0 Å². The van der Waals surface area contributed by atoms with Crippen molar-refractivity contribution in [3.63, 3.8) is 0 Å². The molecule has 4 rings (SSSR count). The third kappa shape index (κ3) is 3.70. The summed E-state index contributed by atoms with van der Waals surface area (Å²) < 4.78 is 27.9. The Balaban J connectivity index is 1.86. The molecule has 0 radical (unpaired) electrons. The highest BCUT2D eigenvalue weighted by Gasteiger charge is 2.34. The van der Waals surface area contributed by atoms with Crippen LogP contribution in [0.25, 0.3) is 4.91 Å². The van der Waals surface area contributed by atoms with Crippen molar-refractivity contribution in [3.8, 4) is 0 Å². The van der Waals surface area contributed by atoms with Crippen molar-refractivity contribution in [2.24, 2.45) is 0 Å². The van der Waals surface area contributed by atoms with Crippen molar-refractivity contribution < 1.29 is 13.9 Å². The van der Waals surface area contributed by atoms with Gasteiger partial charge in [0.1, 0.15) is 17.7 Å². The maximum absolute atomic E-state index is 14.5. The molecule has 0 bridgehead atoms. The number of aromatic nitrogens is 1. The standard InChI is InChI=1S/C22H16ClF2NOS/c23-15-5-3-13(4-6-15)18-12-28-22(17-8-7-16(24)10-19(17)25)20(18)21(27)14-2-1-9-26-11-14/h1-11,18,21,27H,12H2. The quantitative estimate of drug-likeness (QED) is 0.568. The molecule has 0 aliphatic carbocycles. The van der Waals surface area contributed by atoms with Crippen molar-refractivity contribution in [1.82, 2.24) is 4.98 Å². The highest BCUT2D eigenvalue weighted by Crippen LogP contribution is 2.51. The highest BCUT2D eigenvalue weighted by atomic mass is 35.5. The molecule has 1 N–H and O–H groups in total. The third-order valence-corrected chi connectivity index (χ3v) is 6.27. The van der Waals surface area contributed by atoms with Crippen molar-refractivity contribution in [3.05, 3.63) is 106 Å². The minimum absolute atomic E-state index is 0.128. The van der Waals surface area contributed by atoms with E-state index < -0.39 is 17.7 Å². The molecule has 2 nitrogen and oxygen atoms in total. The SMILES string of the molecule is OC(C1=C(c2ccc(F)cc2F)SCC1c1ccc(Cl)cc1)c1cccnc1. The van der Waals surface area contributed by atoms with Crippen molar-refractivity contribution >= 4 is 28.3 Å². The van der Waals surface area contributed by atoms with Gasteiger partial charge in [0.25, 0.3) is 0 Å². The fraction of sp³-hybridized carbons (Fsp3) is 0.136. The van der Waals surface area contributed by atoms with E-state index in [1.165, 1.54) is 23.9 Å². The summed E-state index contributed by atoms with van der Waals surface area (Å²) >= 11 is 7.47. The molecule has 0 saturated heterocycles. The predicted molar refractivity (Wildman–Crippen MR) is 109 cm³/mol. The number of aliphatic hydroxyl groups excluding tert-OH is 1. The average molecular weight is 416 g/mol. The van der Waals surface area contributed by atoms with Crippen LogP contribution in [0, 0.1) is 11.6 Å². The fourth-order valence-corrected chi connectivity index (χ4v) is 4.98. The van der Waals surface area contributed by atoms with E-state index in [2.05, 4.69) is 4.98 Å². The fourth-order valence-electron chi connectivity index (χ4n) is 3.41. The monoisotopic (exact) mass is 415 g/mol. The van der Waals surface area contributed by atoms with E-state index in [-0.39, 0.29) is 5.92 Å².